The normalized spacial score (nSPS) is 10.7. The van der Waals surface area contributed by atoms with Crippen molar-refractivity contribution in [2.24, 2.45) is 0 Å². The Morgan fingerprint density at radius 3 is 2.49 bits per heavy atom. The lowest BCUT2D eigenvalue weighted by Crippen LogP contribution is -2.24. The highest BCUT2D eigenvalue weighted by atomic mass is 16.4. The molecule has 176 valence electrons. The Morgan fingerprint density at radius 2 is 1.83 bits per heavy atom. The summed E-state index contributed by atoms with van der Waals surface area (Å²) < 4.78 is 8.28. The minimum atomic E-state index is -1.23. The Kier molecular flexibility index (Phi) is 6.32. The molecule has 0 saturated heterocycles. The van der Waals surface area contributed by atoms with Crippen LogP contribution in [0.15, 0.2) is 59.0 Å². The molecule has 8 heteroatoms. The maximum atomic E-state index is 12.9. The van der Waals surface area contributed by atoms with Gasteiger partial charge in [0.1, 0.15) is 25.4 Å². The predicted molar refractivity (Wildman–Crippen MR) is 132 cm³/mol. The summed E-state index contributed by atoms with van der Waals surface area (Å²) in [7, 11) is 7.73. The molecule has 1 aliphatic heterocycles. The molecule has 2 aromatic carbocycles. The van der Waals surface area contributed by atoms with Crippen LogP contribution in [0.25, 0.3) is 39.0 Å². The van der Waals surface area contributed by atoms with Crippen molar-refractivity contribution in [3.8, 4) is 22.5 Å². The zero-order chi connectivity index (χ0) is 25.3. The molecule has 0 fully saturated rings. The van der Waals surface area contributed by atoms with Crippen LogP contribution in [-0.4, -0.2) is 50.9 Å². The fraction of sp³-hybridized carbons (Fsp3) is 0.185. The van der Waals surface area contributed by atoms with Crippen LogP contribution >= 0.6 is 0 Å². The van der Waals surface area contributed by atoms with Gasteiger partial charge >= 0.3 is 6.21 Å². The molecule has 2 aliphatic rings. The fourth-order valence-electron chi connectivity index (χ4n) is 4.13. The first-order valence-corrected chi connectivity index (χ1v) is 10.9. The van der Waals surface area contributed by atoms with E-state index in [0.29, 0.717) is 28.0 Å². The van der Waals surface area contributed by atoms with Crippen LogP contribution in [0.4, 0.5) is 5.69 Å². The number of nitrogens with zero attached hydrogens (tertiary/aromatic N) is 4. The number of benzene rings is 3. The van der Waals surface area contributed by atoms with Crippen LogP contribution in [0, 0.1) is 0 Å². The Morgan fingerprint density at radius 1 is 1.06 bits per heavy atom. The summed E-state index contributed by atoms with van der Waals surface area (Å²) in [6.07, 6.45) is 0.515. The molecule has 0 saturated carbocycles. The number of carbonyl (C=O) groups is 2. The Labute approximate surface area is 201 Å². The zero-order valence-electron chi connectivity index (χ0n) is 19.9. The molecule has 0 spiro atoms. The number of carboxylic acid groups (broad SMARTS) is 1. The minimum absolute atomic E-state index is 0.270. The van der Waals surface area contributed by atoms with Gasteiger partial charge in [0, 0.05) is 66.4 Å². The van der Waals surface area contributed by atoms with Crippen molar-refractivity contribution in [2.45, 2.75) is 6.42 Å². The van der Waals surface area contributed by atoms with E-state index in [2.05, 4.69) is 4.79 Å². The highest BCUT2D eigenvalue weighted by Gasteiger charge is 2.23. The van der Waals surface area contributed by atoms with Gasteiger partial charge in [0.25, 0.3) is 5.78 Å². The van der Waals surface area contributed by atoms with Crippen molar-refractivity contribution in [1.29, 1.82) is 0 Å². The summed E-state index contributed by atoms with van der Waals surface area (Å²) in [5.41, 5.74) is 13.2. The molecule has 1 aliphatic carbocycles. The van der Waals surface area contributed by atoms with Gasteiger partial charge < -0.3 is 24.7 Å². The molecule has 0 amide bonds. The quantitative estimate of drug-likeness (QED) is 0.107. The largest absolute Gasteiger partial charge is 0.550 e. The highest BCUT2D eigenvalue weighted by molar-refractivity contribution is 6.35. The number of Topliss-reactive ketones (excluding diaryl/α,β-unsaturated/α-hetero) is 1. The maximum absolute atomic E-state index is 12.9. The first-order chi connectivity index (χ1) is 16.7. The summed E-state index contributed by atoms with van der Waals surface area (Å²) in [5.74, 6) is -1.13. The fourth-order valence-corrected chi connectivity index (χ4v) is 4.13. The molecule has 8 nitrogen and oxygen atoms in total. The standard InChI is InChI=1S/C27H24N4O4/c1-30(2)17-6-9-20-24(13-17)35-25-14-18(31(3)4)7-10-21(25)27(20)22-11-16(12-26(33)34)5-8-19(22)23(32)15-29-28/h5-11,13-15H,12H2,1-4H3. The number of rotatable bonds is 6. The van der Waals surface area contributed by atoms with Gasteiger partial charge in [-0.15, -0.1) is 0 Å². The predicted octanol–water partition coefficient (Wildman–Crippen LogP) is 2.08. The van der Waals surface area contributed by atoms with Gasteiger partial charge in [-0.05, 0) is 41.5 Å². The number of carbonyl (C=O) groups excluding carboxylic acids is 2. The maximum Gasteiger partial charge on any atom is 0.328 e. The van der Waals surface area contributed by atoms with Gasteiger partial charge in [0.15, 0.2) is 0 Å². The van der Waals surface area contributed by atoms with Gasteiger partial charge in [-0.3, -0.25) is 4.79 Å². The van der Waals surface area contributed by atoms with Crippen molar-refractivity contribution >= 4 is 34.6 Å². The van der Waals surface area contributed by atoms with E-state index in [0.717, 1.165) is 28.2 Å². The van der Waals surface area contributed by atoms with Gasteiger partial charge in [-0.25, -0.2) is 4.58 Å². The summed E-state index contributed by atoms with van der Waals surface area (Å²) in [6, 6.07) is 16.3. The minimum Gasteiger partial charge on any atom is -0.550 e. The molecule has 0 N–H and O–H groups in total. The topological polar surface area (TPSA) is 113 Å². The van der Waals surface area contributed by atoms with Crippen LogP contribution in [0.5, 0.6) is 0 Å². The van der Waals surface area contributed by atoms with E-state index in [4.69, 9.17) is 9.95 Å². The second kappa shape index (κ2) is 9.37. The average molecular weight is 469 g/mol. The number of fused-ring (bicyclic) bond motifs is 2. The van der Waals surface area contributed by atoms with E-state index in [9.17, 15) is 14.7 Å². The monoisotopic (exact) mass is 468 g/mol. The van der Waals surface area contributed by atoms with Crippen molar-refractivity contribution in [3.05, 3.63) is 76.6 Å². The first kappa shape index (κ1) is 23.6. The molecule has 2 aromatic rings. The third-order valence-corrected chi connectivity index (χ3v) is 5.86. The molecule has 4 rings (SSSR count). The van der Waals surface area contributed by atoms with Gasteiger partial charge in [0.2, 0.25) is 5.36 Å². The van der Waals surface area contributed by atoms with Crippen LogP contribution in [0.2, 0.25) is 0 Å². The third kappa shape index (κ3) is 4.60. The van der Waals surface area contributed by atoms with Crippen LogP contribution in [0.3, 0.4) is 0 Å². The van der Waals surface area contributed by atoms with E-state index >= 15 is 0 Å². The molecule has 0 radical (unpaired) electrons. The van der Waals surface area contributed by atoms with E-state index in [1.165, 1.54) is 0 Å². The Bertz CT molecular complexity index is 1570. The lowest BCUT2D eigenvalue weighted by Gasteiger charge is -2.19. The van der Waals surface area contributed by atoms with E-state index < -0.39 is 11.8 Å². The van der Waals surface area contributed by atoms with Crippen LogP contribution < -0.4 is 19.9 Å². The second-order valence-corrected chi connectivity index (χ2v) is 8.66. The van der Waals surface area contributed by atoms with Crippen molar-refractivity contribution in [3.63, 3.8) is 0 Å². The first-order valence-electron chi connectivity index (χ1n) is 10.9. The number of hydrogen-bond donors (Lipinski definition) is 0. The number of carboxylic acids is 1. The number of hydrogen-bond acceptors (Lipinski definition) is 5. The molecule has 0 bridgehead atoms. The van der Waals surface area contributed by atoms with Gasteiger partial charge in [-0.1, -0.05) is 6.07 Å². The van der Waals surface area contributed by atoms with Crippen LogP contribution in [-0.2, 0) is 11.2 Å². The molecule has 0 unspecified atom stereocenters. The summed E-state index contributed by atoms with van der Waals surface area (Å²) in [5, 5.41) is 13.0. The number of anilines is 1. The Hall–Kier alpha value is -4.55. The van der Waals surface area contributed by atoms with Gasteiger partial charge in [0.05, 0.1) is 6.07 Å². The molecule has 0 atom stereocenters. The van der Waals surface area contributed by atoms with Gasteiger partial charge in [-0.2, -0.15) is 4.79 Å². The van der Waals surface area contributed by atoms with Crippen molar-refractivity contribution in [2.75, 3.05) is 33.1 Å². The molecule has 0 aromatic heterocycles. The summed E-state index contributed by atoms with van der Waals surface area (Å²) >= 11 is 0. The second-order valence-electron chi connectivity index (χ2n) is 8.66. The molecular formula is C27H24N4O4. The van der Waals surface area contributed by atoms with E-state index in [1.54, 1.807) is 18.2 Å². The number of ketones is 1. The SMILES string of the molecule is CN(C)c1ccc2c(-c3cc(CC(=O)[O-])ccc3C(=O)C=[N+]=[N-])c3ccc(=[N+](C)C)cc-3oc2c1. The summed E-state index contributed by atoms with van der Waals surface area (Å²) in [4.78, 5) is 29.0. The molecular weight excluding hydrogens is 444 g/mol. The smallest absolute Gasteiger partial charge is 0.328 e. The lowest BCUT2D eigenvalue weighted by atomic mass is 9.88. The summed E-state index contributed by atoms with van der Waals surface area (Å²) in [6.45, 7) is 0. The highest BCUT2D eigenvalue weighted by Crippen LogP contribution is 2.42. The lowest BCUT2D eigenvalue weighted by molar-refractivity contribution is -0.304. The Balaban J connectivity index is 2.18. The van der Waals surface area contributed by atoms with Crippen molar-refractivity contribution in [1.82, 2.24) is 4.58 Å². The molecule has 1 heterocycles. The van der Waals surface area contributed by atoms with Crippen molar-refractivity contribution < 1.29 is 23.9 Å². The van der Waals surface area contributed by atoms with Crippen LogP contribution in [0.1, 0.15) is 15.9 Å². The van der Waals surface area contributed by atoms with E-state index in [1.807, 2.05) is 74.1 Å². The van der Waals surface area contributed by atoms with E-state index in [-0.39, 0.29) is 12.0 Å². The zero-order valence-corrected chi connectivity index (χ0v) is 19.9. The third-order valence-electron chi connectivity index (χ3n) is 5.86. The molecule has 35 heavy (non-hydrogen) atoms. The number of aliphatic carboxylic acids is 1. The average Bonchev–Trinajstić information content (AvgIpc) is 2.81.